The zero-order chi connectivity index (χ0) is 77.1. The molecule has 4 heterocycles. The van der Waals surface area contributed by atoms with Crippen molar-refractivity contribution in [2.75, 3.05) is 79.3 Å². The summed E-state index contributed by atoms with van der Waals surface area (Å²) in [5, 5.41) is -4.22. The SMILES string of the molecule is FC(F)(F)COc1c(OCC(F)(F)F)c(OCC(F)(F)F)c2c(c1OCC(F)(F)F)-c1nc-2[nH]c2[nH+]c(nc3[nH]c(n1)c1c(OCC(F)(F)F)c(OCC(F)(F)F)c(OCC(F)(F)F)c(OCC(F)(F)F)c31)-c1c(OCC(F)(F)F)c(OCC(F)(F)F)c(OCC(F)(F)F)c(OCC(F)(F)F)c1-2. The van der Waals surface area contributed by atoms with Gasteiger partial charge in [0.1, 0.15) is 16.8 Å². The summed E-state index contributed by atoms with van der Waals surface area (Å²) < 4.78 is 567. The number of ether oxygens (including phenoxy) is 12. The van der Waals surface area contributed by atoms with E-state index in [-0.39, 0.29) is 0 Å². The highest BCUT2D eigenvalue weighted by Gasteiger charge is 2.49. The van der Waals surface area contributed by atoms with Gasteiger partial charge in [0.25, 0.3) is 5.82 Å². The summed E-state index contributed by atoms with van der Waals surface area (Å²) in [6, 6.07) is 0. The first-order valence-corrected chi connectivity index (χ1v) is 25.8. The Kier molecular flexibility index (Phi) is 21.9. The first-order chi connectivity index (χ1) is 46.0. The lowest BCUT2D eigenvalue weighted by molar-refractivity contribution is -0.353. The van der Waals surface area contributed by atoms with Crippen molar-refractivity contribution in [3.63, 3.8) is 0 Å². The Morgan fingerprint density at radius 2 is 0.441 bits per heavy atom. The highest BCUT2D eigenvalue weighted by atomic mass is 19.5. The molecular weight excluding hydrogens is 1540 g/mol. The van der Waals surface area contributed by atoms with Crippen LogP contribution in [0.2, 0.25) is 0 Å². The molecule has 6 bridgehead atoms. The van der Waals surface area contributed by atoms with Crippen LogP contribution in [0.15, 0.2) is 0 Å². The van der Waals surface area contributed by atoms with Crippen LogP contribution in [0.5, 0.6) is 69.0 Å². The molecule has 0 saturated carbocycles. The number of benzene rings is 3. The first-order valence-electron chi connectivity index (χ1n) is 25.8. The lowest BCUT2D eigenvalue weighted by Gasteiger charge is -2.24. The predicted molar refractivity (Wildman–Crippen MR) is 254 cm³/mol. The van der Waals surface area contributed by atoms with E-state index >= 15 is 0 Å². The van der Waals surface area contributed by atoms with E-state index < -0.39 is 290 Å². The summed E-state index contributed by atoms with van der Waals surface area (Å²) in [6.07, 6.45) is -72.0. The van der Waals surface area contributed by atoms with Crippen LogP contribution in [-0.2, 0) is 0 Å². The van der Waals surface area contributed by atoms with Crippen LogP contribution in [0, 0.1) is 0 Å². The van der Waals surface area contributed by atoms with Gasteiger partial charge in [-0.3, -0.25) is 4.98 Å². The lowest BCUT2D eigenvalue weighted by atomic mass is 10.0. The zero-order valence-electron chi connectivity index (χ0n) is 47.8. The molecule has 3 aromatic carbocycles. The van der Waals surface area contributed by atoms with Gasteiger partial charge in [0.05, 0.1) is 21.9 Å². The highest BCUT2D eigenvalue weighted by Crippen LogP contribution is 2.62. The smallest absolute Gasteiger partial charge is 0.422 e. The molecule has 7 rings (SSSR count). The van der Waals surface area contributed by atoms with Crippen molar-refractivity contribution in [2.45, 2.75) is 74.1 Å². The molecule has 2 aliphatic rings. The van der Waals surface area contributed by atoms with E-state index in [0.717, 1.165) is 0 Å². The number of fused-ring (bicyclic) bond motifs is 15. The Morgan fingerprint density at radius 3 is 0.716 bits per heavy atom. The van der Waals surface area contributed by atoms with Crippen LogP contribution >= 0.6 is 0 Å². The van der Waals surface area contributed by atoms with E-state index in [1.54, 1.807) is 15.0 Å². The van der Waals surface area contributed by atoms with E-state index in [0.29, 0.717) is 0 Å². The van der Waals surface area contributed by atoms with E-state index in [4.69, 9.17) is 0 Å². The van der Waals surface area contributed by atoms with Crippen molar-refractivity contribution in [1.82, 2.24) is 24.9 Å². The molecule has 102 heavy (non-hydrogen) atoms. The molecule has 0 spiro atoms. The average Bonchev–Trinajstić information content (AvgIpc) is 1.54. The number of aromatic nitrogens is 6. The van der Waals surface area contributed by atoms with Gasteiger partial charge in [-0.15, -0.1) is 0 Å². The summed E-state index contributed by atoms with van der Waals surface area (Å²) in [6.45, 7) is -37.3. The first kappa shape index (κ1) is 80.1. The summed E-state index contributed by atoms with van der Waals surface area (Å²) in [7, 11) is 0. The molecule has 0 fully saturated rings. The number of aromatic amines is 3. The highest BCUT2D eigenvalue weighted by molar-refractivity contribution is 6.14. The third-order valence-electron chi connectivity index (χ3n) is 11.3. The molecule has 0 aliphatic carbocycles. The molecule has 2 aromatic heterocycles. The van der Waals surface area contributed by atoms with Crippen molar-refractivity contribution in [3.05, 3.63) is 0 Å². The fraction of sp³-hybridized carbons (Fsp3) is 0.500. The maximum atomic E-state index is 14.4. The van der Waals surface area contributed by atoms with Gasteiger partial charge in [-0.2, -0.15) is 163 Å². The van der Waals surface area contributed by atoms with Crippen LogP contribution in [0.1, 0.15) is 0 Å². The van der Waals surface area contributed by atoms with Gasteiger partial charge in [0.15, 0.2) is 120 Å². The molecule has 5 aromatic rings. The molecule has 0 atom stereocenters. The Hall–Kier alpha value is -9.24. The van der Waals surface area contributed by atoms with Crippen molar-refractivity contribution in [2.24, 2.45) is 0 Å². The normalized spacial score (nSPS) is 13.8. The quantitative estimate of drug-likeness (QED) is 0.0542. The second-order valence-electron chi connectivity index (χ2n) is 19.8. The maximum absolute atomic E-state index is 14.4. The van der Waals surface area contributed by atoms with E-state index in [9.17, 15) is 158 Å². The minimum atomic E-state index is -6.02. The van der Waals surface area contributed by atoms with Crippen molar-refractivity contribution >= 4 is 22.1 Å². The average molecular weight is 1560 g/mol. The van der Waals surface area contributed by atoms with Gasteiger partial charge in [0.2, 0.25) is 51.8 Å². The number of alkyl halides is 36. The Morgan fingerprint density at radius 1 is 0.225 bits per heavy atom. The summed E-state index contributed by atoms with van der Waals surface area (Å²) in [5.74, 6) is -37.8. The predicted octanol–water partition coefficient (Wildman–Crippen LogP) is 15.9. The topological polar surface area (TPSA) is 195 Å². The third kappa shape index (κ3) is 21.9. The summed E-state index contributed by atoms with van der Waals surface area (Å²) in [4.78, 5) is 15.8. The van der Waals surface area contributed by atoms with Gasteiger partial charge in [-0.05, 0) is 0 Å². The van der Waals surface area contributed by atoms with Crippen molar-refractivity contribution < 1.29 is 220 Å². The number of nitrogens with zero attached hydrogens (tertiary/aromatic N) is 3. The molecule has 0 saturated heterocycles. The van der Waals surface area contributed by atoms with Crippen LogP contribution in [0.3, 0.4) is 0 Å². The van der Waals surface area contributed by atoms with Crippen molar-refractivity contribution in [3.8, 4) is 115 Å². The number of hydrogen-bond donors (Lipinski definition) is 2. The van der Waals surface area contributed by atoms with Crippen LogP contribution < -0.4 is 61.8 Å². The molecular formula is C48H27F36N6O12+. The van der Waals surface area contributed by atoms with Gasteiger partial charge in [-0.1, -0.05) is 4.98 Å². The van der Waals surface area contributed by atoms with Crippen LogP contribution in [0.4, 0.5) is 158 Å². The Balaban J connectivity index is 1.99. The lowest BCUT2D eigenvalue weighted by Crippen LogP contribution is -2.25. The number of H-pyrrole nitrogens is 3. The van der Waals surface area contributed by atoms with E-state index in [2.05, 4.69) is 71.8 Å². The standard InChI is InChI=1S/C48H26F36N6O12/c49-37(50,51)1-91-19-13-14(20(92-2-38(52,53)54)26(98-8-44(70,71)72)25(19)97-7-43(67,68)69)32-85-31(13)88-33-15-16(22(94-4-40(58,59)60)28(100-10-46(76,77)78)27(99-9-45(73,74)75)21(15)93-3-39(55,56)57)35(86-33)90-36-18-17(34(87-36)89-32)23(95-5-41(61,62)63)29(101-11-47(79,80)81)30(102-12-48(82,83)84)24(18)96-6-42(64,65)66/h1-12H2,(H2,85,86,87,88,89,90)/p+1. The number of rotatable bonds is 24. The van der Waals surface area contributed by atoms with Crippen LogP contribution in [-0.4, -0.2) is 178 Å². The van der Waals surface area contributed by atoms with Gasteiger partial charge in [-0.25, -0.2) is 9.97 Å². The number of nitrogens with one attached hydrogen (secondary N) is 3. The molecule has 0 radical (unpaired) electrons. The molecule has 0 amide bonds. The minimum Gasteiger partial charge on any atom is -0.479 e. The molecule has 572 valence electrons. The minimum absolute atomic E-state index is 1.64. The van der Waals surface area contributed by atoms with E-state index in [1.165, 1.54) is 0 Å². The fourth-order valence-electron chi connectivity index (χ4n) is 8.35. The molecule has 2 aliphatic heterocycles. The zero-order valence-corrected chi connectivity index (χ0v) is 47.8. The summed E-state index contributed by atoms with van der Waals surface area (Å²) >= 11 is 0. The van der Waals surface area contributed by atoms with Crippen LogP contribution in [0.25, 0.3) is 67.6 Å². The van der Waals surface area contributed by atoms with E-state index in [1.807, 2.05) is 0 Å². The van der Waals surface area contributed by atoms with Gasteiger partial charge < -0.3 is 61.8 Å². The molecule has 18 nitrogen and oxygen atoms in total. The number of halogens is 36. The van der Waals surface area contributed by atoms with Gasteiger partial charge in [0, 0.05) is 0 Å². The maximum Gasteiger partial charge on any atom is 0.422 e. The second kappa shape index (κ2) is 27.8. The molecule has 3 N–H and O–H groups in total. The largest absolute Gasteiger partial charge is 0.479 e. The molecule has 54 heteroatoms. The van der Waals surface area contributed by atoms with Gasteiger partial charge >= 0.3 is 74.1 Å². The number of hydrogen-bond acceptors (Lipinski definition) is 15. The summed E-state index contributed by atoms with van der Waals surface area (Å²) in [5.41, 5.74) is -12.5. The Labute approximate surface area is 534 Å². The fourth-order valence-corrected chi connectivity index (χ4v) is 8.35. The molecule has 0 unspecified atom stereocenters. The second-order valence-corrected chi connectivity index (χ2v) is 19.8. The Bertz CT molecular complexity index is 3740. The third-order valence-corrected chi connectivity index (χ3v) is 11.3. The van der Waals surface area contributed by atoms with Crippen molar-refractivity contribution in [1.29, 1.82) is 0 Å². The monoisotopic (exact) mass is 1560 g/mol.